The maximum atomic E-state index is 11.1. The van der Waals surface area contributed by atoms with Crippen molar-refractivity contribution >= 4 is 22.5 Å². The van der Waals surface area contributed by atoms with Gasteiger partial charge in [0.05, 0.1) is 11.5 Å². The van der Waals surface area contributed by atoms with E-state index in [1.807, 2.05) is 0 Å². The molecule has 1 heterocycles. The molecule has 1 aliphatic rings. The Bertz CT molecular complexity index is 237. The van der Waals surface area contributed by atoms with Crippen LogP contribution in [0.4, 0.5) is 0 Å². The zero-order valence-corrected chi connectivity index (χ0v) is 9.65. The highest BCUT2D eigenvalue weighted by Gasteiger charge is 2.21. The van der Waals surface area contributed by atoms with Gasteiger partial charge in [0.25, 0.3) is 0 Å². The van der Waals surface area contributed by atoms with E-state index in [1.54, 1.807) is 0 Å². The zero-order valence-electron chi connectivity index (χ0n) is 7.94. The summed E-state index contributed by atoms with van der Waals surface area (Å²) in [5, 5.41) is 0. The molecule has 0 bridgehead atoms. The Hall–Kier alpha value is 0.260. The Morgan fingerprint density at radius 3 is 2.38 bits per heavy atom. The molecule has 78 valence electrons. The third kappa shape index (κ3) is 3.87. The highest BCUT2D eigenvalue weighted by atomic mass is 32.2. The van der Waals surface area contributed by atoms with Gasteiger partial charge in [-0.2, -0.15) is 12.6 Å². The fourth-order valence-electron chi connectivity index (χ4n) is 1.43. The van der Waals surface area contributed by atoms with E-state index in [1.165, 1.54) is 0 Å². The third-order valence-electron chi connectivity index (χ3n) is 2.32. The minimum Gasteiger partial charge on any atom is -0.301 e. The van der Waals surface area contributed by atoms with Crippen molar-refractivity contribution in [3.8, 4) is 0 Å². The molecule has 0 spiro atoms. The van der Waals surface area contributed by atoms with Gasteiger partial charge in [0.2, 0.25) is 0 Å². The number of nitrogens with zero attached hydrogens (tertiary/aromatic N) is 1. The normalized spacial score (nSPS) is 25.7. The second kappa shape index (κ2) is 4.66. The minimum absolute atomic E-state index is 0.326. The maximum absolute atomic E-state index is 11.1. The molecule has 1 aliphatic heterocycles. The fraction of sp³-hybridized carbons (Fsp3) is 1.00. The van der Waals surface area contributed by atoms with Gasteiger partial charge >= 0.3 is 0 Å². The van der Waals surface area contributed by atoms with Crippen LogP contribution in [-0.2, 0) is 9.84 Å². The molecule has 1 saturated heterocycles. The van der Waals surface area contributed by atoms with E-state index in [0.29, 0.717) is 30.5 Å². The smallest absolute Gasteiger partial charge is 0.152 e. The summed E-state index contributed by atoms with van der Waals surface area (Å²) in [5.74, 6) is 2.06. The van der Waals surface area contributed by atoms with Crippen molar-refractivity contribution in [3.63, 3.8) is 0 Å². The Balaban J connectivity index is 2.33. The molecule has 1 fully saturated rings. The first kappa shape index (κ1) is 11.3. The minimum atomic E-state index is -2.72. The molecule has 0 amide bonds. The molecule has 1 atom stereocenters. The first-order valence-corrected chi connectivity index (χ1v) is 7.02. The van der Waals surface area contributed by atoms with E-state index in [0.717, 1.165) is 12.3 Å². The highest BCUT2D eigenvalue weighted by Crippen LogP contribution is 2.07. The SMILES string of the molecule is CC(CS)CN1CCS(=O)(=O)CC1. The quantitative estimate of drug-likeness (QED) is 0.699. The molecular weight excluding hydrogens is 206 g/mol. The summed E-state index contributed by atoms with van der Waals surface area (Å²) in [6.45, 7) is 4.50. The summed E-state index contributed by atoms with van der Waals surface area (Å²) in [6.07, 6.45) is 0. The predicted octanol–water partition coefficient (Wildman–Crippen LogP) is 0.283. The number of hydrogen-bond acceptors (Lipinski definition) is 4. The van der Waals surface area contributed by atoms with Gasteiger partial charge in [0.15, 0.2) is 9.84 Å². The van der Waals surface area contributed by atoms with Crippen molar-refractivity contribution in [1.29, 1.82) is 0 Å². The second-order valence-corrected chi connectivity index (χ2v) is 6.41. The van der Waals surface area contributed by atoms with Gasteiger partial charge < -0.3 is 4.90 Å². The number of thiol groups is 1. The van der Waals surface area contributed by atoms with Crippen molar-refractivity contribution in [2.24, 2.45) is 5.92 Å². The Morgan fingerprint density at radius 2 is 1.92 bits per heavy atom. The van der Waals surface area contributed by atoms with E-state index in [2.05, 4.69) is 24.5 Å². The van der Waals surface area contributed by atoms with E-state index in [-0.39, 0.29) is 0 Å². The van der Waals surface area contributed by atoms with Crippen LogP contribution in [-0.4, -0.2) is 50.2 Å². The molecule has 0 aliphatic carbocycles. The first-order chi connectivity index (χ1) is 6.03. The first-order valence-electron chi connectivity index (χ1n) is 4.57. The van der Waals surface area contributed by atoms with Crippen LogP contribution < -0.4 is 0 Å². The summed E-state index contributed by atoms with van der Waals surface area (Å²) >= 11 is 4.20. The standard InChI is InChI=1S/C8H17NO2S2/c1-8(7-12)6-9-2-4-13(10,11)5-3-9/h8,12H,2-7H2,1H3. The monoisotopic (exact) mass is 223 g/mol. The van der Waals surface area contributed by atoms with Gasteiger partial charge in [-0.05, 0) is 11.7 Å². The molecule has 0 saturated carbocycles. The molecule has 1 unspecified atom stereocenters. The molecule has 0 aromatic rings. The topological polar surface area (TPSA) is 37.4 Å². The lowest BCUT2D eigenvalue weighted by Gasteiger charge is -2.28. The van der Waals surface area contributed by atoms with Gasteiger partial charge in [-0.3, -0.25) is 0 Å². The van der Waals surface area contributed by atoms with E-state index in [9.17, 15) is 8.42 Å². The van der Waals surface area contributed by atoms with Crippen LogP contribution in [0.15, 0.2) is 0 Å². The van der Waals surface area contributed by atoms with Gasteiger partial charge in [-0.15, -0.1) is 0 Å². The number of rotatable bonds is 3. The second-order valence-electron chi connectivity index (χ2n) is 3.74. The van der Waals surface area contributed by atoms with Crippen LogP contribution in [0.3, 0.4) is 0 Å². The molecule has 0 aromatic carbocycles. The summed E-state index contributed by atoms with van der Waals surface area (Å²) in [7, 11) is -2.72. The average Bonchev–Trinajstić information content (AvgIpc) is 2.08. The molecule has 5 heteroatoms. The van der Waals surface area contributed by atoms with Crippen LogP contribution in [0, 0.1) is 5.92 Å². The zero-order chi connectivity index (χ0) is 9.90. The van der Waals surface area contributed by atoms with Crippen molar-refractivity contribution in [2.75, 3.05) is 36.9 Å². The van der Waals surface area contributed by atoms with Crippen LogP contribution in [0.1, 0.15) is 6.92 Å². The lowest BCUT2D eigenvalue weighted by atomic mass is 10.2. The van der Waals surface area contributed by atoms with Gasteiger partial charge in [-0.25, -0.2) is 8.42 Å². The molecule has 0 N–H and O–H groups in total. The molecule has 0 radical (unpaired) electrons. The third-order valence-corrected chi connectivity index (χ3v) is 4.55. The van der Waals surface area contributed by atoms with Crippen molar-refractivity contribution < 1.29 is 8.42 Å². The maximum Gasteiger partial charge on any atom is 0.152 e. The summed E-state index contributed by atoms with van der Waals surface area (Å²) < 4.78 is 22.2. The lowest BCUT2D eigenvalue weighted by molar-refractivity contribution is 0.265. The molecular formula is C8H17NO2S2. The number of sulfone groups is 1. The molecule has 1 rings (SSSR count). The highest BCUT2D eigenvalue weighted by molar-refractivity contribution is 7.91. The predicted molar refractivity (Wildman–Crippen MR) is 58.1 cm³/mol. The van der Waals surface area contributed by atoms with Crippen molar-refractivity contribution in [3.05, 3.63) is 0 Å². The van der Waals surface area contributed by atoms with Gasteiger partial charge in [-0.1, -0.05) is 6.92 Å². The Morgan fingerprint density at radius 1 is 1.38 bits per heavy atom. The van der Waals surface area contributed by atoms with E-state index in [4.69, 9.17) is 0 Å². The van der Waals surface area contributed by atoms with Crippen molar-refractivity contribution in [2.45, 2.75) is 6.92 Å². The van der Waals surface area contributed by atoms with Gasteiger partial charge in [0.1, 0.15) is 0 Å². The average molecular weight is 223 g/mol. The van der Waals surface area contributed by atoms with Crippen molar-refractivity contribution in [1.82, 2.24) is 4.90 Å². The molecule has 13 heavy (non-hydrogen) atoms. The molecule has 0 aromatic heterocycles. The largest absolute Gasteiger partial charge is 0.301 e. The fourth-order valence-corrected chi connectivity index (χ4v) is 2.82. The van der Waals surface area contributed by atoms with Crippen LogP contribution in [0.2, 0.25) is 0 Å². The van der Waals surface area contributed by atoms with Crippen LogP contribution in [0.5, 0.6) is 0 Å². The Labute approximate surface area is 85.8 Å². The lowest BCUT2D eigenvalue weighted by Crippen LogP contribution is -2.42. The van der Waals surface area contributed by atoms with Crippen LogP contribution in [0.25, 0.3) is 0 Å². The Kier molecular flexibility index (Phi) is 4.06. The van der Waals surface area contributed by atoms with Crippen LogP contribution >= 0.6 is 12.6 Å². The van der Waals surface area contributed by atoms with E-state index >= 15 is 0 Å². The van der Waals surface area contributed by atoms with E-state index < -0.39 is 9.84 Å². The molecule has 3 nitrogen and oxygen atoms in total. The van der Waals surface area contributed by atoms with Gasteiger partial charge in [0, 0.05) is 19.6 Å². The summed E-state index contributed by atoms with van der Waals surface area (Å²) in [5.41, 5.74) is 0. The number of hydrogen-bond donors (Lipinski definition) is 1. The summed E-state index contributed by atoms with van der Waals surface area (Å²) in [6, 6.07) is 0. The summed E-state index contributed by atoms with van der Waals surface area (Å²) in [4.78, 5) is 2.21.